The van der Waals surface area contributed by atoms with E-state index in [1.165, 1.54) is 0 Å². The molecule has 0 aliphatic carbocycles. The van der Waals surface area contributed by atoms with Gasteiger partial charge < -0.3 is 30.3 Å². The summed E-state index contributed by atoms with van der Waals surface area (Å²) < 4.78 is 31.6. The molecule has 0 bridgehead atoms. The highest BCUT2D eigenvalue weighted by molar-refractivity contribution is 7.79. The first kappa shape index (κ1) is 19.2. The molecule has 0 aromatic rings. The predicted molar refractivity (Wildman–Crippen MR) is 51.9 cm³/mol. The van der Waals surface area contributed by atoms with Crippen LogP contribution in [0, 0.1) is 0 Å². The first-order chi connectivity index (χ1) is 7.91. The minimum atomic E-state index is -4.67. The molecule has 0 saturated carbocycles. The maximum atomic E-state index is 10.1. The van der Waals surface area contributed by atoms with Crippen LogP contribution in [0.15, 0.2) is 0 Å². The fraction of sp³-hybridized carbons (Fsp3) is 0.667. The number of aliphatic hydroxyl groups is 4. The summed E-state index contributed by atoms with van der Waals surface area (Å²) in [5.74, 6) is -1.76. The van der Waals surface area contributed by atoms with Crippen molar-refractivity contribution in [1.82, 2.24) is 0 Å². The second-order valence-electron chi connectivity index (χ2n) is 2.84. The fourth-order valence-electron chi connectivity index (χ4n) is 0.615. The van der Waals surface area contributed by atoms with Crippen LogP contribution in [0.1, 0.15) is 0 Å². The molecule has 7 N–H and O–H groups in total. The van der Waals surface area contributed by atoms with E-state index in [9.17, 15) is 9.59 Å². The molecule has 0 unspecified atom stereocenters. The van der Waals surface area contributed by atoms with Crippen molar-refractivity contribution < 1.29 is 52.6 Å². The molecule has 0 spiro atoms. The van der Waals surface area contributed by atoms with Crippen molar-refractivity contribution in [3.05, 3.63) is 0 Å². The van der Waals surface area contributed by atoms with Crippen LogP contribution < -0.4 is 0 Å². The Hall–Kier alpha value is -1.15. The third-order valence-electron chi connectivity index (χ3n) is 1.42. The van der Waals surface area contributed by atoms with Crippen LogP contribution >= 0.6 is 0 Å². The standard InChI is InChI=1S/C6H10O7.H2O4S/c7-1-2(8)3(9)4(10)5(11)6(12)13;1-5(2,3)4/h1-5,8-11H,(H,12,13);(H2,1,2,3,4)/t2-,3+,4-,5+;/m1./s1. The zero-order valence-electron chi connectivity index (χ0n) is 8.56. The lowest BCUT2D eigenvalue weighted by molar-refractivity contribution is -0.163. The third kappa shape index (κ3) is 10.0. The number of carboxylic acids is 1. The maximum Gasteiger partial charge on any atom is 0.394 e. The Bertz CT molecular complexity index is 354. The molecule has 12 heteroatoms. The quantitative estimate of drug-likeness (QED) is 0.192. The molecule has 18 heavy (non-hydrogen) atoms. The number of carbonyl (C=O) groups excluding carboxylic acids is 1. The van der Waals surface area contributed by atoms with Crippen molar-refractivity contribution in [1.29, 1.82) is 0 Å². The Morgan fingerprint density at radius 1 is 1.00 bits per heavy atom. The molecular weight excluding hydrogens is 280 g/mol. The molecule has 0 radical (unpaired) electrons. The van der Waals surface area contributed by atoms with E-state index >= 15 is 0 Å². The number of hydrogen-bond acceptors (Lipinski definition) is 8. The summed E-state index contributed by atoms with van der Waals surface area (Å²) in [5, 5.41) is 43.2. The van der Waals surface area contributed by atoms with Crippen molar-refractivity contribution >= 4 is 22.7 Å². The third-order valence-corrected chi connectivity index (χ3v) is 1.42. The van der Waals surface area contributed by atoms with Crippen molar-refractivity contribution in [3.63, 3.8) is 0 Å². The smallest absolute Gasteiger partial charge is 0.394 e. The van der Waals surface area contributed by atoms with Crippen LogP contribution in [0.4, 0.5) is 0 Å². The van der Waals surface area contributed by atoms with E-state index in [-0.39, 0.29) is 6.29 Å². The average molecular weight is 292 g/mol. The summed E-state index contributed by atoms with van der Waals surface area (Å²) in [6.45, 7) is 0. The predicted octanol–water partition coefficient (Wildman–Crippen LogP) is -3.94. The highest BCUT2D eigenvalue weighted by atomic mass is 32.3. The van der Waals surface area contributed by atoms with E-state index in [1.54, 1.807) is 0 Å². The SMILES string of the molecule is O=C[C@@H](O)[C@H](O)[C@@H](O)[C@H](O)C(=O)O.O=S(=O)(O)O. The van der Waals surface area contributed by atoms with Crippen molar-refractivity contribution in [3.8, 4) is 0 Å². The van der Waals surface area contributed by atoms with Gasteiger partial charge in [0.1, 0.15) is 18.3 Å². The van der Waals surface area contributed by atoms with Crippen LogP contribution in [-0.4, -0.2) is 79.7 Å². The van der Waals surface area contributed by atoms with E-state index in [4.69, 9.17) is 43.1 Å². The summed E-state index contributed by atoms with van der Waals surface area (Å²) in [6, 6.07) is 0. The topological polar surface area (TPSA) is 210 Å². The Morgan fingerprint density at radius 2 is 1.33 bits per heavy atom. The lowest BCUT2D eigenvalue weighted by Gasteiger charge is -2.21. The van der Waals surface area contributed by atoms with Gasteiger partial charge in [-0.15, -0.1) is 0 Å². The van der Waals surface area contributed by atoms with Gasteiger partial charge >= 0.3 is 16.4 Å². The monoisotopic (exact) mass is 292 g/mol. The van der Waals surface area contributed by atoms with Crippen LogP contribution in [0.5, 0.6) is 0 Å². The first-order valence-electron chi connectivity index (χ1n) is 4.02. The number of aldehydes is 1. The molecule has 0 aliphatic rings. The molecule has 0 saturated heterocycles. The summed E-state index contributed by atoms with van der Waals surface area (Å²) >= 11 is 0. The molecule has 0 amide bonds. The highest BCUT2D eigenvalue weighted by Crippen LogP contribution is 2.03. The van der Waals surface area contributed by atoms with E-state index in [0.717, 1.165) is 0 Å². The molecule has 0 rings (SSSR count). The van der Waals surface area contributed by atoms with Gasteiger partial charge in [0.05, 0.1) is 0 Å². The van der Waals surface area contributed by atoms with Crippen molar-refractivity contribution in [2.75, 3.05) is 0 Å². The Balaban J connectivity index is 0. The number of rotatable bonds is 5. The number of aliphatic hydroxyl groups excluding tert-OH is 4. The lowest BCUT2D eigenvalue weighted by atomic mass is 10.0. The van der Waals surface area contributed by atoms with E-state index in [2.05, 4.69) is 0 Å². The van der Waals surface area contributed by atoms with Gasteiger partial charge in [0.15, 0.2) is 12.4 Å². The van der Waals surface area contributed by atoms with Gasteiger partial charge in [-0.3, -0.25) is 9.11 Å². The van der Waals surface area contributed by atoms with Crippen molar-refractivity contribution in [2.24, 2.45) is 0 Å². The van der Waals surface area contributed by atoms with E-state index in [1.807, 2.05) is 0 Å². The van der Waals surface area contributed by atoms with Crippen LogP contribution in [-0.2, 0) is 20.0 Å². The van der Waals surface area contributed by atoms with Gasteiger partial charge in [-0.2, -0.15) is 8.42 Å². The van der Waals surface area contributed by atoms with E-state index < -0.39 is 40.8 Å². The molecular formula is C6H12O11S. The normalized spacial score (nSPS) is 17.7. The molecule has 108 valence electrons. The Kier molecular flexibility index (Phi) is 8.57. The summed E-state index contributed by atoms with van der Waals surface area (Å²) in [5.41, 5.74) is 0. The van der Waals surface area contributed by atoms with Gasteiger partial charge in [0.2, 0.25) is 0 Å². The van der Waals surface area contributed by atoms with Gasteiger partial charge in [0.25, 0.3) is 0 Å². The van der Waals surface area contributed by atoms with Gasteiger partial charge in [-0.05, 0) is 0 Å². The van der Waals surface area contributed by atoms with Gasteiger partial charge in [-0.25, -0.2) is 4.79 Å². The second-order valence-corrected chi connectivity index (χ2v) is 3.73. The Morgan fingerprint density at radius 3 is 1.56 bits per heavy atom. The van der Waals surface area contributed by atoms with Gasteiger partial charge in [-0.1, -0.05) is 0 Å². The lowest BCUT2D eigenvalue weighted by Crippen LogP contribution is -2.48. The highest BCUT2D eigenvalue weighted by Gasteiger charge is 2.33. The molecule has 0 aliphatic heterocycles. The first-order valence-corrected chi connectivity index (χ1v) is 5.41. The van der Waals surface area contributed by atoms with E-state index in [0.29, 0.717) is 0 Å². The van der Waals surface area contributed by atoms with Crippen LogP contribution in [0.2, 0.25) is 0 Å². The zero-order chi connectivity index (χ0) is 15.1. The Labute approximate surface area is 100 Å². The molecule has 11 nitrogen and oxygen atoms in total. The second kappa shape index (κ2) is 8.04. The maximum absolute atomic E-state index is 10.1. The van der Waals surface area contributed by atoms with Crippen LogP contribution in [0.25, 0.3) is 0 Å². The molecule has 0 heterocycles. The summed E-state index contributed by atoms with van der Waals surface area (Å²) in [4.78, 5) is 20.0. The average Bonchev–Trinajstić information content (AvgIpc) is 2.22. The number of hydrogen-bond donors (Lipinski definition) is 7. The van der Waals surface area contributed by atoms with Gasteiger partial charge in [0, 0.05) is 0 Å². The van der Waals surface area contributed by atoms with Crippen LogP contribution in [0.3, 0.4) is 0 Å². The number of aliphatic carboxylic acids is 1. The fourth-order valence-corrected chi connectivity index (χ4v) is 0.615. The van der Waals surface area contributed by atoms with Crippen molar-refractivity contribution in [2.45, 2.75) is 24.4 Å². The molecule has 0 fully saturated rings. The molecule has 4 atom stereocenters. The zero-order valence-corrected chi connectivity index (χ0v) is 9.37. The molecule has 0 aromatic carbocycles. The minimum absolute atomic E-state index is 0.0809. The molecule has 0 aromatic heterocycles. The summed E-state index contributed by atoms with van der Waals surface area (Å²) in [6.07, 6.45) is -8.39. The minimum Gasteiger partial charge on any atom is -0.479 e. The number of carboxylic acid groups (broad SMARTS) is 1. The number of carbonyl (C=O) groups is 2. The summed E-state index contributed by atoms with van der Waals surface area (Å²) in [7, 11) is -4.67. The largest absolute Gasteiger partial charge is 0.479 e.